The number of carbonyl (C=O) groups is 2. The summed E-state index contributed by atoms with van der Waals surface area (Å²) in [5, 5.41) is 17.9. The third-order valence-electron chi connectivity index (χ3n) is 1.15. The Morgan fingerprint density at radius 1 is 1.13 bits per heavy atom. The molecule has 0 aromatic rings. The first-order valence-electron chi connectivity index (χ1n) is 3.50. The Labute approximate surface area is 132 Å². The van der Waals surface area contributed by atoms with Crippen LogP contribution in [0.5, 0.6) is 0 Å². The summed E-state index contributed by atoms with van der Waals surface area (Å²) in [6.07, 6.45) is 8.27. The van der Waals surface area contributed by atoms with E-state index in [2.05, 4.69) is 30.3 Å². The maximum Gasteiger partial charge on any atom is 1.00 e. The Kier molecular flexibility index (Phi) is 16.9. The fourth-order valence-corrected chi connectivity index (χ4v) is 0.563. The molecule has 5 nitrogen and oxygen atoms in total. The van der Waals surface area contributed by atoms with Crippen molar-refractivity contribution in [2.45, 2.75) is 0 Å². The van der Waals surface area contributed by atoms with Crippen LogP contribution in [0.3, 0.4) is 0 Å². The van der Waals surface area contributed by atoms with Gasteiger partial charge in [-0.25, -0.2) is 0 Å². The van der Waals surface area contributed by atoms with Gasteiger partial charge in [0.2, 0.25) is 0 Å². The number of aliphatic carboxylic acids is 2. The van der Waals surface area contributed by atoms with Crippen molar-refractivity contribution in [3.8, 4) is 0 Å². The fraction of sp³-hybridized carbons (Fsp3) is 0.250. The van der Waals surface area contributed by atoms with Gasteiger partial charge in [-0.2, -0.15) is 0 Å². The van der Waals surface area contributed by atoms with E-state index in [-0.39, 0.29) is 59.1 Å². The predicted octanol–water partition coefficient (Wildman–Crippen LogP) is -8.50. The summed E-state index contributed by atoms with van der Waals surface area (Å²) in [6.45, 7) is 1.05. The maximum absolute atomic E-state index is 8.93. The molecule has 0 spiro atoms. The topological polar surface area (TPSA) is 83.5 Å². The minimum absolute atomic E-state index is 0. The van der Waals surface area contributed by atoms with Crippen molar-refractivity contribution in [2.75, 3.05) is 13.6 Å². The van der Waals surface area contributed by atoms with Crippen LogP contribution in [0.4, 0.5) is 0 Å². The van der Waals surface area contributed by atoms with Crippen LogP contribution in [0.1, 0.15) is 0 Å². The molecule has 0 fully saturated rings. The summed E-state index contributed by atoms with van der Waals surface area (Å²) in [5.41, 5.74) is 0. The molecule has 1 heterocycles. The van der Waals surface area contributed by atoms with Crippen LogP contribution in [0.2, 0.25) is 0 Å². The summed E-state index contributed by atoms with van der Waals surface area (Å²) in [6, 6.07) is 0. The normalized spacial score (nSPS) is 11.4. The zero-order chi connectivity index (χ0) is 10.3. The van der Waals surface area contributed by atoms with Gasteiger partial charge in [0.15, 0.2) is 0 Å². The largest absolute Gasteiger partial charge is 1.00 e. The molecule has 1 aliphatic heterocycles. The van der Waals surface area contributed by atoms with E-state index in [1.54, 1.807) is 0 Å². The summed E-state index contributed by atoms with van der Waals surface area (Å²) in [4.78, 5) is 20.0. The second-order valence-corrected chi connectivity index (χ2v) is 2.28. The van der Waals surface area contributed by atoms with Crippen LogP contribution < -0.4 is 69.3 Å². The Balaban J connectivity index is -0.000000172. The summed E-state index contributed by atoms with van der Waals surface area (Å²) < 4.78 is 0. The molecule has 1 aliphatic rings. The van der Waals surface area contributed by atoms with Gasteiger partial charge in [0.05, 0.1) is 11.9 Å². The first kappa shape index (κ1) is 20.6. The quantitative estimate of drug-likeness (QED) is 0.304. The van der Waals surface area contributed by atoms with E-state index in [9.17, 15) is 0 Å². The number of carboxylic acid groups (broad SMARTS) is 2. The van der Waals surface area contributed by atoms with Crippen molar-refractivity contribution in [1.29, 1.82) is 0 Å². The molecular formula is C8H9NNa2O4. The van der Waals surface area contributed by atoms with Crippen molar-refractivity contribution in [1.82, 2.24) is 4.90 Å². The average Bonchev–Trinajstić information content (AvgIpc) is 2.06. The van der Waals surface area contributed by atoms with Gasteiger partial charge in [-0.1, -0.05) is 12.2 Å². The molecule has 15 heavy (non-hydrogen) atoms. The van der Waals surface area contributed by atoms with Gasteiger partial charge in [0.25, 0.3) is 0 Å². The van der Waals surface area contributed by atoms with Gasteiger partial charge in [-0.05, 0) is 12.3 Å². The van der Waals surface area contributed by atoms with Crippen molar-refractivity contribution < 1.29 is 78.9 Å². The molecule has 0 bridgehead atoms. The second-order valence-electron chi connectivity index (χ2n) is 2.28. The number of nitrogens with zero attached hydrogens (tertiary/aromatic N) is 1. The van der Waals surface area contributed by atoms with Crippen molar-refractivity contribution in [3.63, 3.8) is 0 Å². The Morgan fingerprint density at radius 3 is 1.73 bits per heavy atom. The molecule has 0 radical (unpaired) electrons. The van der Waals surface area contributed by atoms with Crippen LogP contribution in [-0.2, 0) is 9.59 Å². The molecular weight excluding hydrogens is 220 g/mol. The van der Waals surface area contributed by atoms with Crippen LogP contribution in [0.15, 0.2) is 24.4 Å². The van der Waals surface area contributed by atoms with Crippen LogP contribution >= 0.6 is 0 Å². The number of carboxylic acids is 2. The SMILES string of the molecule is CN1C=CC=CC1.O=C([O-])C(=O)[O-].[Na+].[Na+]. The Morgan fingerprint density at radius 2 is 1.60 bits per heavy atom. The molecule has 0 amide bonds. The van der Waals surface area contributed by atoms with E-state index in [0.29, 0.717) is 0 Å². The first-order chi connectivity index (χ1) is 6.04. The molecule has 72 valence electrons. The molecule has 0 aliphatic carbocycles. The standard InChI is InChI=1S/C6H9N.C2H2O4.2Na/c1-7-5-3-2-4-6-7;3-1(4)2(5)6;;/h2-5H,6H2,1H3;(H,3,4)(H,5,6);;/q;;2*+1/p-2. The second kappa shape index (κ2) is 12.3. The molecule has 0 atom stereocenters. The van der Waals surface area contributed by atoms with E-state index in [1.165, 1.54) is 0 Å². The van der Waals surface area contributed by atoms with E-state index in [1.807, 2.05) is 6.08 Å². The van der Waals surface area contributed by atoms with Gasteiger partial charge < -0.3 is 24.7 Å². The van der Waals surface area contributed by atoms with Crippen molar-refractivity contribution >= 4 is 11.9 Å². The van der Waals surface area contributed by atoms with Gasteiger partial charge in [-0.15, -0.1) is 0 Å². The van der Waals surface area contributed by atoms with E-state index in [0.717, 1.165) is 6.54 Å². The van der Waals surface area contributed by atoms with E-state index >= 15 is 0 Å². The van der Waals surface area contributed by atoms with Crippen LogP contribution in [-0.4, -0.2) is 30.4 Å². The fourth-order valence-electron chi connectivity index (χ4n) is 0.563. The number of hydrogen-bond acceptors (Lipinski definition) is 5. The monoisotopic (exact) mass is 229 g/mol. The van der Waals surface area contributed by atoms with Crippen molar-refractivity contribution in [2.24, 2.45) is 0 Å². The minimum atomic E-state index is -2.19. The number of likely N-dealkylation sites (N-methyl/N-ethyl adjacent to an activating group) is 1. The maximum atomic E-state index is 8.93. The minimum Gasteiger partial charge on any atom is -0.543 e. The third kappa shape index (κ3) is 14.2. The zero-order valence-corrected chi connectivity index (χ0v) is 13.1. The Bertz CT molecular complexity index is 241. The molecule has 0 N–H and O–H groups in total. The third-order valence-corrected chi connectivity index (χ3v) is 1.15. The number of allylic oxidation sites excluding steroid dienone is 2. The van der Waals surface area contributed by atoms with Crippen LogP contribution in [0.25, 0.3) is 0 Å². The van der Waals surface area contributed by atoms with Gasteiger partial charge in [0.1, 0.15) is 0 Å². The van der Waals surface area contributed by atoms with E-state index in [4.69, 9.17) is 19.8 Å². The molecule has 1 rings (SSSR count). The van der Waals surface area contributed by atoms with E-state index < -0.39 is 11.9 Å². The molecule has 0 aromatic heterocycles. The molecule has 7 heteroatoms. The number of rotatable bonds is 0. The molecule has 0 saturated heterocycles. The molecule has 0 saturated carbocycles. The van der Waals surface area contributed by atoms with Crippen LogP contribution in [0, 0.1) is 0 Å². The number of hydrogen-bond donors (Lipinski definition) is 0. The van der Waals surface area contributed by atoms with Gasteiger partial charge in [0, 0.05) is 13.6 Å². The first-order valence-corrected chi connectivity index (χ1v) is 3.50. The number of carbonyl (C=O) groups excluding carboxylic acids is 2. The van der Waals surface area contributed by atoms with Crippen molar-refractivity contribution in [3.05, 3.63) is 24.4 Å². The summed E-state index contributed by atoms with van der Waals surface area (Å²) in [7, 11) is 2.06. The van der Waals surface area contributed by atoms with Gasteiger partial charge in [-0.3, -0.25) is 0 Å². The predicted molar refractivity (Wildman–Crippen MR) is 40.9 cm³/mol. The summed E-state index contributed by atoms with van der Waals surface area (Å²) >= 11 is 0. The van der Waals surface area contributed by atoms with Gasteiger partial charge >= 0.3 is 59.1 Å². The average molecular weight is 229 g/mol. The smallest absolute Gasteiger partial charge is 0.543 e. The summed E-state index contributed by atoms with van der Waals surface area (Å²) in [5.74, 6) is -4.37. The zero-order valence-electron chi connectivity index (χ0n) is 9.10. The molecule has 0 aromatic carbocycles. The Hall–Kier alpha value is 0.220. The molecule has 0 unspecified atom stereocenters.